The van der Waals surface area contributed by atoms with Crippen LogP contribution in [-0.4, -0.2) is 44.4 Å². The van der Waals surface area contributed by atoms with E-state index < -0.39 is 34.0 Å². The van der Waals surface area contributed by atoms with Gasteiger partial charge >= 0.3 is 5.97 Å². The lowest BCUT2D eigenvalue weighted by Gasteiger charge is -2.21. The van der Waals surface area contributed by atoms with E-state index in [-0.39, 0.29) is 11.3 Å². The summed E-state index contributed by atoms with van der Waals surface area (Å²) in [6.07, 6.45) is 0.996. The molecule has 0 bridgehead atoms. The predicted octanol–water partition coefficient (Wildman–Crippen LogP) is 3.27. The highest BCUT2D eigenvalue weighted by Crippen LogP contribution is 2.20. The molecule has 31 heavy (non-hydrogen) atoms. The molecular weight excluding hydrogens is 436 g/mol. The van der Waals surface area contributed by atoms with Gasteiger partial charge in [0, 0.05) is 5.69 Å². The SMILES string of the molecule is CSCCC(NS(=O)(=O)c1ccccc1)C(=O)OC(C)C(=O)Nc1c(C)cccc1C. The number of carbonyl (C=O) groups is 2. The molecule has 0 aliphatic heterocycles. The van der Waals surface area contributed by atoms with Gasteiger partial charge in [0.2, 0.25) is 10.0 Å². The van der Waals surface area contributed by atoms with E-state index in [9.17, 15) is 18.0 Å². The Balaban J connectivity index is 2.09. The monoisotopic (exact) mass is 464 g/mol. The molecule has 0 saturated carbocycles. The first kappa shape index (κ1) is 24.9. The number of benzene rings is 2. The van der Waals surface area contributed by atoms with E-state index in [1.165, 1.54) is 30.8 Å². The van der Waals surface area contributed by atoms with Crippen LogP contribution in [0, 0.1) is 13.8 Å². The Bertz CT molecular complexity index is 990. The predicted molar refractivity (Wildman–Crippen MR) is 124 cm³/mol. The second-order valence-corrected chi connectivity index (χ2v) is 9.80. The zero-order chi connectivity index (χ0) is 23.0. The first-order valence-corrected chi connectivity index (χ1v) is 12.7. The molecule has 0 spiro atoms. The number of aryl methyl sites for hydroxylation is 2. The summed E-state index contributed by atoms with van der Waals surface area (Å²) in [6, 6.07) is 12.3. The zero-order valence-corrected chi connectivity index (χ0v) is 19.7. The number of nitrogens with one attached hydrogen (secondary N) is 2. The van der Waals surface area contributed by atoms with E-state index >= 15 is 0 Å². The van der Waals surface area contributed by atoms with Gasteiger partial charge in [-0.05, 0) is 62.5 Å². The largest absolute Gasteiger partial charge is 0.451 e. The fourth-order valence-electron chi connectivity index (χ4n) is 2.86. The number of ether oxygens (including phenoxy) is 1. The Morgan fingerprint density at radius 1 is 1.03 bits per heavy atom. The van der Waals surface area contributed by atoms with Crippen molar-refractivity contribution in [2.45, 2.75) is 44.2 Å². The minimum Gasteiger partial charge on any atom is -0.451 e. The molecule has 168 valence electrons. The summed E-state index contributed by atoms with van der Waals surface area (Å²) in [5.74, 6) is -0.738. The lowest BCUT2D eigenvalue weighted by atomic mass is 10.1. The van der Waals surface area contributed by atoms with E-state index in [1.807, 2.05) is 38.3 Å². The minimum absolute atomic E-state index is 0.0535. The molecule has 0 aromatic heterocycles. The van der Waals surface area contributed by atoms with Crippen LogP contribution in [0.2, 0.25) is 0 Å². The Morgan fingerprint density at radius 2 is 1.65 bits per heavy atom. The Morgan fingerprint density at radius 3 is 2.23 bits per heavy atom. The molecule has 0 aliphatic carbocycles. The second-order valence-electron chi connectivity index (χ2n) is 7.10. The number of carbonyl (C=O) groups excluding carboxylic acids is 2. The van der Waals surface area contributed by atoms with Crippen LogP contribution < -0.4 is 10.0 Å². The van der Waals surface area contributed by atoms with E-state index in [4.69, 9.17) is 4.74 Å². The van der Waals surface area contributed by atoms with E-state index in [2.05, 4.69) is 10.0 Å². The maximum absolute atomic E-state index is 12.7. The molecule has 1 amide bonds. The van der Waals surface area contributed by atoms with Gasteiger partial charge in [0.1, 0.15) is 6.04 Å². The first-order valence-electron chi connectivity index (χ1n) is 9.79. The number of anilines is 1. The Hall–Kier alpha value is -2.36. The van der Waals surface area contributed by atoms with Crippen molar-refractivity contribution in [3.8, 4) is 0 Å². The number of thioether (sulfide) groups is 1. The van der Waals surface area contributed by atoms with Gasteiger partial charge in [-0.3, -0.25) is 9.59 Å². The molecule has 2 aromatic rings. The van der Waals surface area contributed by atoms with Gasteiger partial charge in [0.25, 0.3) is 5.91 Å². The molecule has 0 saturated heterocycles. The van der Waals surface area contributed by atoms with Crippen molar-refractivity contribution in [3.63, 3.8) is 0 Å². The average Bonchev–Trinajstić information content (AvgIpc) is 2.74. The number of amides is 1. The summed E-state index contributed by atoms with van der Waals surface area (Å²) in [5, 5.41) is 2.78. The Labute approximate surface area is 188 Å². The van der Waals surface area contributed by atoms with Gasteiger partial charge in [-0.25, -0.2) is 8.42 Å². The van der Waals surface area contributed by atoms with Gasteiger partial charge in [0.15, 0.2) is 6.10 Å². The highest BCUT2D eigenvalue weighted by atomic mass is 32.2. The van der Waals surface area contributed by atoms with Gasteiger partial charge in [-0.1, -0.05) is 36.4 Å². The van der Waals surface area contributed by atoms with E-state index in [0.29, 0.717) is 11.4 Å². The normalized spacial score (nSPS) is 13.3. The summed E-state index contributed by atoms with van der Waals surface area (Å²) in [4.78, 5) is 25.3. The van der Waals surface area contributed by atoms with Crippen molar-refractivity contribution in [1.29, 1.82) is 0 Å². The highest BCUT2D eigenvalue weighted by Gasteiger charge is 2.29. The van der Waals surface area contributed by atoms with Gasteiger partial charge in [0.05, 0.1) is 4.90 Å². The van der Waals surface area contributed by atoms with Crippen LogP contribution in [0.1, 0.15) is 24.5 Å². The van der Waals surface area contributed by atoms with Crippen molar-refractivity contribution in [1.82, 2.24) is 4.72 Å². The number of hydrogen-bond donors (Lipinski definition) is 2. The molecule has 0 fully saturated rings. The standard InChI is InChI=1S/C22H28N2O5S2/c1-15-9-8-10-16(2)20(15)23-21(25)17(3)29-22(26)19(13-14-30-4)24-31(27,28)18-11-6-5-7-12-18/h5-12,17,19,24H,13-14H2,1-4H3,(H,23,25). The Kier molecular flexibility index (Phi) is 9.09. The molecule has 7 nitrogen and oxygen atoms in total. The van der Waals surface area contributed by atoms with Crippen LogP contribution in [0.3, 0.4) is 0 Å². The van der Waals surface area contributed by atoms with Crippen molar-refractivity contribution < 1.29 is 22.7 Å². The molecule has 2 N–H and O–H groups in total. The zero-order valence-electron chi connectivity index (χ0n) is 18.0. The van der Waals surface area contributed by atoms with Crippen molar-refractivity contribution in [3.05, 3.63) is 59.7 Å². The maximum atomic E-state index is 12.7. The summed E-state index contributed by atoms with van der Waals surface area (Å²) in [6.45, 7) is 5.20. The topological polar surface area (TPSA) is 102 Å². The van der Waals surface area contributed by atoms with Crippen molar-refractivity contribution in [2.24, 2.45) is 0 Å². The summed E-state index contributed by atoms with van der Waals surface area (Å²) in [7, 11) is -3.91. The highest BCUT2D eigenvalue weighted by molar-refractivity contribution is 7.98. The molecule has 0 heterocycles. The number of hydrogen-bond acceptors (Lipinski definition) is 6. The molecular formula is C22H28N2O5S2. The quantitative estimate of drug-likeness (QED) is 0.523. The fourth-order valence-corrected chi connectivity index (χ4v) is 4.57. The fraction of sp³-hybridized carbons (Fsp3) is 0.364. The smallest absolute Gasteiger partial charge is 0.324 e. The molecule has 2 rings (SSSR count). The van der Waals surface area contributed by atoms with Crippen LogP contribution in [-0.2, 0) is 24.3 Å². The average molecular weight is 465 g/mol. The van der Waals surface area contributed by atoms with Crippen LogP contribution in [0.15, 0.2) is 53.4 Å². The third-order valence-corrected chi connectivity index (χ3v) is 6.77. The third kappa shape index (κ3) is 7.09. The van der Waals surface area contributed by atoms with Crippen LogP contribution >= 0.6 is 11.8 Å². The third-order valence-electron chi connectivity index (χ3n) is 4.64. The number of rotatable bonds is 10. The molecule has 9 heteroatoms. The van der Waals surface area contributed by atoms with E-state index in [0.717, 1.165) is 11.1 Å². The molecule has 0 aliphatic rings. The molecule has 2 atom stereocenters. The molecule has 2 unspecified atom stereocenters. The summed E-state index contributed by atoms with van der Waals surface area (Å²) >= 11 is 1.48. The molecule has 2 aromatic carbocycles. The first-order chi connectivity index (χ1) is 14.7. The van der Waals surface area contributed by atoms with Crippen LogP contribution in [0.25, 0.3) is 0 Å². The summed E-state index contributed by atoms with van der Waals surface area (Å²) < 4.78 is 33.0. The lowest BCUT2D eigenvalue weighted by molar-refractivity contribution is -0.154. The van der Waals surface area contributed by atoms with Gasteiger partial charge in [-0.15, -0.1) is 0 Å². The number of esters is 1. The van der Waals surface area contributed by atoms with Gasteiger partial charge < -0.3 is 10.1 Å². The van der Waals surface area contributed by atoms with Gasteiger partial charge in [-0.2, -0.15) is 16.5 Å². The van der Waals surface area contributed by atoms with Crippen molar-refractivity contribution in [2.75, 3.05) is 17.3 Å². The van der Waals surface area contributed by atoms with Crippen molar-refractivity contribution >= 4 is 39.3 Å². The number of sulfonamides is 1. The van der Waals surface area contributed by atoms with Crippen LogP contribution in [0.5, 0.6) is 0 Å². The van der Waals surface area contributed by atoms with Crippen LogP contribution in [0.4, 0.5) is 5.69 Å². The minimum atomic E-state index is -3.91. The number of para-hydroxylation sites is 1. The second kappa shape index (κ2) is 11.3. The molecule has 0 radical (unpaired) electrons. The lowest BCUT2D eigenvalue weighted by Crippen LogP contribution is -2.44. The summed E-state index contributed by atoms with van der Waals surface area (Å²) in [5.41, 5.74) is 2.44. The maximum Gasteiger partial charge on any atom is 0.324 e. The van der Waals surface area contributed by atoms with E-state index in [1.54, 1.807) is 18.2 Å².